The maximum Gasteiger partial charge on any atom is 0.318 e. The summed E-state index contributed by atoms with van der Waals surface area (Å²) in [7, 11) is 1.78. The Bertz CT molecular complexity index is 445. The molecule has 1 unspecified atom stereocenters. The zero-order valence-corrected chi connectivity index (χ0v) is 11.3. The maximum absolute atomic E-state index is 12.0. The zero-order chi connectivity index (χ0) is 14.4. The highest BCUT2D eigenvalue weighted by molar-refractivity contribution is 5.75. The summed E-state index contributed by atoms with van der Waals surface area (Å²) in [6.45, 7) is 4.21. The molecule has 8 nitrogen and oxygen atoms in total. The average Bonchev–Trinajstić information content (AvgIpc) is 2.72. The Hall–Kier alpha value is -2.12. The summed E-state index contributed by atoms with van der Waals surface area (Å²) in [6.07, 6.45) is 1.47. The van der Waals surface area contributed by atoms with Crippen molar-refractivity contribution >= 4 is 12.0 Å². The molecule has 2 N–H and O–H groups in total. The smallest absolute Gasteiger partial charge is 0.318 e. The summed E-state index contributed by atoms with van der Waals surface area (Å²) in [6, 6.07) is -0.666. The van der Waals surface area contributed by atoms with E-state index >= 15 is 0 Å². The Morgan fingerprint density at radius 1 is 1.58 bits per heavy atom. The predicted molar refractivity (Wildman–Crippen MR) is 67.3 cm³/mol. The first kappa shape index (κ1) is 14.9. The van der Waals surface area contributed by atoms with Crippen LogP contribution in [-0.4, -0.2) is 49.4 Å². The Kier molecular flexibility index (Phi) is 5.28. The van der Waals surface area contributed by atoms with Crippen molar-refractivity contribution in [2.24, 2.45) is 7.05 Å². The van der Waals surface area contributed by atoms with Gasteiger partial charge in [-0.3, -0.25) is 4.79 Å². The molecule has 0 aliphatic carbocycles. The van der Waals surface area contributed by atoms with Crippen LogP contribution in [0.2, 0.25) is 0 Å². The number of aryl methyl sites for hydroxylation is 1. The van der Waals surface area contributed by atoms with Crippen LogP contribution in [-0.2, 0) is 18.4 Å². The number of nitrogens with one attached hydrogen (secondary N) is 1. The van der Waals surface area contributed by atoms with Gasteiger partial charge in [-0.2, -0.15) is 0 Å². The third-order valence-corrected chi connectivity index (χ3v) is 2.81. The monoisotopic (exact) mass is 269 g/mol. The summed E-state index contributed by atoms with van der Waals surface area (Å²) in [5, 5.41) is 19.0. The van der Waals surface area contributed by atoms with Crippen molar-refractivity contribution in [3.63, 3.8) is 0 Å². The Morgan fingerprint density at radius 2 is 2.26 bits per heavy atom. The quantitative estimate of drug-likeness (QED) is 0.769. The molecule has 0 spiro atoms. The number of rotatable bonds is 6. The third-order valence-electron chi connectivity index (χ3n) is 2.81. The summed E-state index contributed by atoms with van der Waals surface area (Å²) >= 11 is 0. The molecule has 0 aliphatic rings. The number of urea groups is 1. The largest absolute Gasteiger partial charge is 0.481 e. The number of aliphatic carboxylic acids is 1. The highest BCUT2D eigenvalue weighted by Gasteiger charge is 2.20. The van der Waals surface area contributed by atoms with E-state index < -0.39 is 5.97 Å². The third kappa shape index (κ3) is 4.23. The minimum absolute atomic E-state index is 0.0782. The van der Waals surface area contributed by atoms with Gasteiger partial charge in [0.25, 0.3) is 0 Å². The number of carbonyl (C=O) groups excluding carboxylic acids is 1. The fourth-order valence-electron chi connectivity index (χ4n) is 1.74. The number of carboxylic acids is 1. The van der Waals surface area contributed by atoms with Crippen molar-refractivity contribution in [3.05, 3.63) is 12.2 Å². The van der Waals surface area contributed by atoms with Crippen LogP contribution >= 0.6 is 0 Å². The molecule has 1 heterocycles. The van der Waals surface area contributed by atoms with Gasteiger partial charge in [-0.15, -0.1) is 10.2 Å². The molecule has 106 valence electrons. The van der Waals surface area contributed by atoms with Crippen molar-refractivity contribution in [3.8, 4) is 0 Å². The van der Waals surface area contributed by atoms with Crippen LogP contribution in [0.15, 0.2) is 6.33 Å². The lowest BCUT2D eigenvalue weighted by Gasteiger charge is -2.27. The van der Waals surface area contributed by atoms with Gasteiger partial charge >= 0.3 is 12.0 Å². The number of amides is 2. The molecule has 0 fully saturated rings. The van der Waals surface area contributed by atoms with Gasteiger partial charge in [-0.1, -0.05) is 0 Å². The lowest BCUT2D eigenvalue weighted by molar-refractivity contribution is -0.138. The van der Waals surface area contributed by atoms with E-state index in [2.05, 4.69) is 15.5 Å². The second-order valence-corrected chi connectivity index (χ2v) is 4.25. The van der Waals surface area contributed by atoms with E-state index in [1.807, 2.05) is 0 Å². The molecule has 0 saturated heterocycles. The lowest BCUT2D eigenvalue weighted by atomic mass is 10.2. The minimum Gasteiger partial charge on any atom is -0.481 e. The van der Waals surface area contributed by atoms with Crippen molar-refractivity contribution in [1.82, 2.24) is 25.0 Å². The van der Waals surface area contributed by atoms with Crippen molar-refractivity contribution < 1.29 is 14.7 Å². The van der Waals surface area contributed by atoms with Gasteiger partial charge in [0.2, 0.25) is 0 Å². The van der Waals surface area contributed by atoms with E-state index in [-0.39, 0.29) is 25.0 Å². The van der Waals surface area contributed by atoms with E-state index in [0.29, 0.717) is 12.4 Å². The minimum atomic E-state index is -0.924. The van der Waals surface area contributed by atoms with Crippen molar-refractivity contribution in [1.29, 1.82) is 0 Å². The first-order valence-electron chi connectivity index (χ1n) is 6.04. The highest BCUT2D eigenvalue weighted by Crippen LogP contribution is 2.04. The molecule has 1 rings (SSSR count). The number of carbonyl (C=O) groups is 2. The van der Waals surface area contributed by atoms with E-state index in [1.54, 1.807) is 31.8 Å². The number of aromatic nitrogens is 3. The molecule has 8 heteroatoms. The van der Waals surface area contributed by atoms with Gasteiger partial charge in [-0.25, -0.2) is 4.79 Å². The first-order chi connectivity index (χ1) is 8.95. The van der Waals surface area contributed by atoms with Crippen LogP contribution in [0.3, 0.4) is 0 Å². The Labute approximate surface area is 111 Å². The second kappa shape index (κ2) is 6.72. The molecule has 1 atom stereocenters. The van der Waals surface area contributed by atoms with Crippen LogP contribution in [0.4, 0.5) is 4.79 Å². The van der Waals surface area contributed by atoms with Crippen LogP contribution < -0.4 is 5.32 Å². The fraction of sp³-hybridized carbons (Fsp3) is 0.636. The van der Waals surface area contributed by atoms with Gasteiger partial charge < -0.3 is 19.9 Å². The van der Waals surface area contributed by atoms with E-state index in [9.17, 15) is 9.59 Å². The van der Waals surface area contributed by atoms with Crippen LogP contribution in [0.25, 0.3) is 0 Å². The van der Waals surface area contributed by atoms with Crippen LogP contribution in [0, 0.1) is 0 Å². The van der Waals surface area contributed by atoms with Crippen molar-refractivity contribution in [2.45, 2.75) is 32.9 Å². The number of hydrogen-bond donors (Lipinski definition) is 2. The van der Waals surface area contributed by atoms with Gasteiger partial charge in [0.05, 0.1) is 13.0 Å². The first-order valence-corrected chi connectivity index (χ1v) is 6.04. The summed E-state index contributed by atoms with van der Waals surface area (Å²) < 4.78 is 1.71. The maximum atomic E-state index is 12.0. The zero-order valence-electron chi connectivity index (χ0n) is 11.3. The number of carboxylic acid groups (broad SMARTS) is 1. The molecule has 0 aromatic carbocycles. The van der Waals surface area contributed by atoms with Crippen LogP contribution in [0.5, 0.6) is 0 Å². The summed E-state index contributed by atoms with van der Waals surface area (Å²) in [5.41, 5.74) is 0. The Balaban J connectivity index is 2.54. The summed E-state index contributed by atoms with van der Waals surface area (Å²) in [4.78, 5) is 24.1. The molecule has 2 amide bonds. The van der Waals surface area contributed by atoms with Crippen molar-refractivity contribution in [2.75, 3.05) is 6.54 Å². The van der Waals surface area contributed by atoms with E-state index in [0.717, 1.165) is 0 Å². The van der Waals surface area contributed by atoms with Gasteiger partial charge in [0, 0.05) is 19.6 Å². The van der Waals surface area contributed by atoms with Crippen LogP contribution in [0.1, 0.15) is 26.1 Å². The molecule has 19 heavy (non-hydrogen) atoms. The Morgan fingerprint density at radius 3 is 2.74 bits per heavy atom. The predicted octanol–water partition coefficient (Wildman–Crippen LogP) is 0.210. The molecule has 0 aliphatic heterocycles. The topological polar surface area (TPSA) is 100 Å². The number of nitrogens with zero attached hydrogens (tertiary/aromatic N) is 4. The summed E-state index contributed by atoms with van der Waals surface area (Å²) in [5.74, 6) is -0.289. The second-order valence-electron chi connectivity index (χ2n) is 4.25. The molecular formula is C11H19N5O3. The average molecular weight is 269 g/mol. The molecule has 1 aromatic rings. The van der Waals surface area contributed by atoms with Gasteiger partial charge in [-0.05, 0) is 13.8 Å². The molecule has 1 aromatic heterocycles. The lowest BCUT2D eigenvalue weighted by Crippen LogP contribution is -2.45. The molecular weight excluding hydrogens is 250 g/mol. The van der Waals surface area contributed by atoms with Gasteiger partial charge in [0.15, 0.2) is 5.82 Å². The highest BCUT2D eigenvalue weighted by atomic mass is 16.4. The van der Waals surface area contributed by atoms with Gasteiger partial charge in [0.1, 0.15) is 6.33 Å². The number of hydrogen-bond acceptors (Lipinski definition) is 4. The SMILES string of the molecule is CCN(C(=O)NCc1nncn1C)C(C)CC(=O)O. The fourth-order valence-corrected chi connectivity index (χ4v) is 1.74. The van der Waals surface area contributed by atoms with E-state index in [1.165, 1.54) is 4.90 Å². The molecule has 0 bridgehead atoms. The standard InChI is InChI=1S/C11H19N5O3/c1-4-16(8(2)5-10(17)18)11(19)12-6-9-14-13-7-15(9)3/h7-8H,4-6H2,1-3H3,(H,12,19)(H,17,18). The van der Waals surface area contributed by atoms with E-state index in [4.69, 9.17) is 5.11 Å². The molecule has 0 saturated carbocycles. The normalized spacial score (nSPS) is 11.9. The molecule has 0 radical (unpaired) electrons.